The van der Waals surface area contributed by atoms with E-state index < -0.39 is 11.6 Å². The van der Waals surface area contributed by atoms with Gasteiger partial charge in [-0.25, -0.2) is 4.79 Å². The second kappa shape index (κ2) is 6.23. The molecule has 1 aliphatic rings. The first kappa shape index (κ1) is 16.1. The highest BCUT2D eigenvalue weighted by Gasteiger charge is 2.40. The molecule has 120 valence electrons. The van der Waals surface area contributed by atoms with E-state index in [1.54, 1.807) is 18.2 Å². The van der Waals surface area contributed by atoms with E-state index >= 15 is 0 Å². The second-order valence-electron chi connectivity index (χ2n) is 5.23. The summed E-state index contributed by atoms with van der Waals surface area (Å²) in [6.07, 6.45) is 0.0182. The summed E-state index contributed by atoms with van der Waals surface area (Å²) < 4.78 is 10.3. The number of carboxylic acid groups (broad SMARTS) is 1. The number of aliphatic hydroxyl groups is 1. The average molecular weight is 309 g/mol. The number of carboxylic acids is 1. The maximum absolute atomic E-state index is 12.5. The largest absolute Gasteiger partial charge is 0.497 e. The van der Waals surface area contributed by atoms with Crippen molar-refractivity contribution in [1.29, 1.82) is 0 Å². The van der Waals surface area contributed by atoms with Gasteiger partial charge < -0.3 is 24.6 Å². The lowest BCUT2D eigenvalue weighted by Crippen LogP contribution is -2.50. The molecule has 0 saturated carbocycles. The van der Waals surface area contributed by atoms with Gasteiger partial charge >= 0.3 is 5.97 Å². The third kappa shape index (κ3) is 3.14. The Labute approximate surface area is 128 Å². The van der Waals surface area contributed by atoms with Crippen molar-refractivity contribution in [3.8, 4) is 11.5 Å². The predicted molar refractivity (Wildman–Crippen MR) is 77.3 cm³/mol. The van der Waals surface area contributed by atoms with Crippen molar-refractivity contribution in [3.63, 3.8) is 0 Å². The quantitative estimate of drug-likeness (QED) is 0.852. The first-order valence-corrected chi connectivity index (χ1v) is 6.88. The number of amides is 1. The minimum atomic E-state index is -1.75. The normalized spacial score (nSPS) is 17.0. The van der Waals surface area contributed by atoms with Gasteiger partial charge in [0, 0.05) is 37.6 Å². The van der Waals surface area contributed by atoms with Gasteiger partial charge in [0.15, 0.2) is 5.60 Å². The summed E-state index contributed by atoms with van der Waals surface area (Å²) in [4.78, 5) is 25.0. The molecular formula is C15H19NO6. The molecule has 1 aromatic carbocycles. The van der Waals surface area contributed by atoms with Gasteiger partial charge in [0.25, 0.3) is 5.91 Å². The Balaban J connectivity index is 2.15. The number of aliphatic carboxylic acids is 1. The van der Waals surface area contributed by atoms with Crippen LogP contribution in [0.25, 0.3) is 0 Å². The zero-order chi connectivity index (χ0) is 16.3. The number of piperidine rings is 1. The molecule has 0 aliphatic carbocycles. The molecule has 7 heteroatoms. The number of benzene rings is 1. The Morgan fingerprint density at radius 2 is 1.59 bits per heavy atom. The number of ether oxygens (including phenoxy) is 2. The lowest BCUT2D eigenvalue weighted by molar-refractivity contribution is -0.162. The maximum atomic E-state index is 12.5. The smallest absolute Gasteiger partial charge is 0.335 e. The van der Waals surface area contributed by atoms with Crippen LogP contribution in [0, 0.1) is 0 Å². The first-order valence-electron chi connectivity index (χ1n) is 6.88. The summed E-state index contributed by atoms with van der Waals surface area (Å²) in [5.41, 5.74) is -1.35. The standard InChI is InChI=1S/C15H19NO6/c1-21-11-7-10(8-12(9-11)22-2)13(17)16-5-3-15(20,4-6-16)14(18)19/h7-9,20H,3-6H2,1-2H3,(H,18,19). The first-order chi connectivity index (χ1) is 10.4. The van der Waals surface area contributed by atoms with Crippen LogP contribution in [0.3, 0.4) is 0 Å². The lowest BCUT2D eigenvalue weighted by Gasteiger charge is -2.35. The van der Waals surface area contributed by atoms with Crippen LogP contribution in [0.1, 0.15) is 23.2 Å². The number of carbonyl (C=O) groups excluding carboxylic acids is 1. The van der Waals surface area contributed by atoms with E-state index in [2.05, 4.69) is 0 Å². The van der Waals surface area contributed by atoms with Gasteiger partial charge in [-0.15, -0.1) is 0 Å². The minimum absolute atomic E-state index is 0.00910. The Bertz CT molecular complexity index is 555. The Kier molecular flexibility index (Phi) is 4.56. The van der Waals surface area contributed by atoms with Gasteiger partial charge in [-0.3, -0.25) is 4.79 Å². The van der Waals surface area contributed by atoms with Gasteiger partial charge in [0.2, 0.25) is 0 Å². The molecule has 0 spiro atoms. The number of likely N-dealkylation sites (tertiary alicyclic amines) is 1. The molecule has 2 rings (SSSR count). The molecule has 0 radical (unpaired) electrons. The van der Waals surface area contributed by atoms with E-state index in [1.165, 1.54) is 19.1 Å². The third-order valence-corrected chi connectivity index (χ3v) is 3.87. The fourth-order valence-electron chi connectivity index (χ4n) is 2.41. The van der Waals surface area contributed by atoms with Gasteiger partial charge in [0.05, 0.1) is 14.2 Å². The molecule has 1 amide bonds. The van der Waals surface area contributed by atoms with Gasteiger partial charge in [-0.2, -0.15) is 0 Å². The number of nitrogens with zero attached hydrogens (tertiary/aromatic N) is 1. The zero-order valence-electron chi connectivity index (χ0n) is 12.5. The Morgan fingerprint density at radius 1 is 1.09 bits per heavy atom. The molecule has 2 N–H and O–H groups in total. The number of rotatable bonds is 4. The van der Waals surface area contributed by atoms with E-state index in [0.717, 1.165) is 0 Å². The van der Waals surface area contributed by atoms with Crippen LogP contribution >= 0.6 is 0 Å². The Hall–Kier alpha value is -2.28. The van der Waals surface area contributed by atoms with E-state index in [4.69, 9.17) is 14.6 Å². The Morgan fingerprint density at radius 3 is 2.00 bits per heavy atom. The SMILES string of the molecule is COc1cc(OC)cc(C(=O)N2CCC(O)(C(=O)O)CC2)c1. The van der Waals surface area contributed by atoms with E-state index in [1.807, 2.05) is 0 Å². The molecule has 1 heterocycles. The van der Waals surface area contributed by atoms with Gasteiger partial charge in [-0.1, -0.05) is 0 Å². The van der Waals surface area contributed by atoms with Crippen molar-refractivity contribution in [2.45, 2.75) is 18.4 Å². The average Bonchev–Trinajstić information content (AvgIpc) is 2.54. The fourth-order valence-corrected chi connectivity index (χ4v) is 2.41. The number of hydrogen-bond acceptors (Lipinski definition) is 5. The molecule has 0 atom stereocenters. The maximum Gasteiger partial charge on any atom is 0.335 e. The molecule has 1 aliphatic heterocycles. The van der Waals surface area contributed by atoms with E-state index in [9.17, 15) is 14.7 Å². The molecule has 1 saturated heterocycles. The number of carbonyl (C=O) groups is 2. The molecule has 1 fully saturated rings. The second-order valence-corrected chi connectivity index (χ2v) is 5.23. The van der Waals surface area contributed by atoms with E-state index in [0.29, 0.717) is 17.1 Å². The summed E-state index contributed by atoms with van der Waals surface area (Å²) in [7, 11) is 2.99. The van der Waals surface area contributed by atoms with Crippen LogP contribution in [-0.4, -0.2) is 59.9 Å². The molecule has 0 bridgehead atoms. The van der Waals surface area contributed by atoms with Crippen LogP contribution in [0.5, 0.6) is 11.5 Å². The van der Waals surface area contributed by atoms with Crippen molar-refractivity contribution in [1.82, 2.24) is 4.90 Å². The zero-order valence-corrected chi connectivity index (χ0v) is 12.5. The topological polar surface area (TPSA) is 96.3 Å². The lowest BCUT2D eigenvalue weighted by atomic mass is 9.91. The summed E-state index contributed by atoms with van der Waals surface area (Å²) >= 11 is 0. The van der Waals surface area contributed by atoms with Crippen LogP contribution < -0.4 is 9.47 Å². The fraction of sp³-hybridized carbons (Fsp3) is 0.467. The van der Waals surface area contributed by atoms with Crippen LogP contribution in [-0.2, 0) is 4.79 Å². The van der Waals surface area contributed by atoms with Crippen LogP contribution in [0.4, 0.5) is 0 Å². The highest BCUT2D eigenvalue weighted by molar-refractivity contribution is 5.95. The molecule has 0 unspecified atom stereocenters. The molecule has 0 aromatic heterocycles. The summed E-state index contributed by atoms with van der Waals surface area (Å²) in [6, 6.07) is 4.86. The van der Waals surface area contributed by atoms with Gasteiger partial charge in [0.1, 0.15) is 11.5 Å². The number of hydrogen-bond donors (Lipinski definition) is 2. The third-order valence-electron chi connectivity index (χ3n) is 3.87. The molecular weight excluding hydrogens is 290 g/mol. The van der Waals surface area contributed by atoms with Crippen molar-refractivity contribution in [3.05, 3.63) is 23.8 Å². The minimum Gasteiger partial charge on any atom is -0.497 e. The number of methoxy groups -OCH3 is 2. The van der Waals surface area contributed by atoms with Crippen LogP contribution in [0.15, 0.2) is 18.2 Å². The van der Waals surface area contributed by atoms with Crippen molar-refractivity contribution in [2.24, 2.45) is 0 Å². The predicted octanol–water partition coefficient (Wildman–Crippen LogP) is 0.755. The van der Waals surface area contributed by atoms with E-state index in [-0.39, 0.29) is 31.8 Å². The van der Waals surface area contributed by atoms with Crippen molar-refractivity contribution >= 4 is 11.9 Å². The highest BCUT2D eigenvalue weighted by Crippen LogP contribution is 2.27. The molecule has 22 heavy (non-hydrogen) atoms. The van der Waals surface area contributed by atoms with Gasteiger partial charge in [-0.05, 0) is 12.1 Å². The van der Waals surface area contributed by atoms with Crippen molar-refractivity contribution < 1.29 is 29.3 Å². The molecule has 7 nitrogen and oxygen atoms in total. The van der Waals surface area contributed by atoms with Crippen molar-refractivity contribution in [2.75, 3.05) is 27.3 Å². The summed E-state index contributed by atoms with van der Waals surface area (Å²) in [5.74, 6) is -0.490. The highest BCUT2D eigenvalue weighted by atomic mass is 16.5. The summed E-state index contributed by atoms with van der Waals surface area (Å²) in [6.45, 7) is 0.363. The monoisotopic (exact) mass is 309 g/mol. The van der Waals surface area contributed by atoms with Crippen LogP contribution in [0.2, 0.25) is 0 Å². The summed E-state index contributed by atoms with van der Waals surface area (Å²) in [5, 5.41) is 18.9. The molecule has 1 aromatic rings.